The van der Waals surface area contributed by atoms with Crippen LogP contribution in [0, 0.1) is 0 Å². The number of hydrogen-bond donors (Lipinski definition) is 1. The van der Waals surface area contributed by atoms with Crippen LogP contribution >= 0.6 is 11.6 Å². The van der Waals surface area contributed by atoms with Crippen LogP contribution in [-0.2, 0) is 16.0 Å². The average Bonchev–Trinajstić information content (AvgIpc) is 3.23. The van der Waals surface area contributed by atoms with Crippen LogP contribution in [0.4, 0.5) is 0 Å². The SMILES string of the molecule is CC(=O)NCC(=O)N1CCC[C@@H]1c1ncc(Cc2ccccc2Cl)o1. The predicted octanol–water partition coefficient (Wildman–Crippen LogP) is 2.72. The standard InChI is InChI=1S/C18H20ClN3O3/c1-12(23)20-11-17(24)22-8-4-7-16(22)18-21-10-14(25-18)9-13-5-2-3-6-15(13)19/h2-3,5-6,10,16H,4,7-9,11H2,1H3,(H,20,23)/t16-/m1/s1. The zero-order valence-electron chi connectivity index (χ0n) is 14.0. The Bertz CT molecular complexity index is 774. The van der Waals surface area contributed by atoms with Crippen molar-refractivity contribution in [2.45, 2.75) is 32.2 Å². The highest BCUT2D eigenvalue weighted by molar-refractivity contribution is 6.31. The zero-order chi connectivity index (χ0) is 17.8. The highest BCUT2D eigenvalue weighted by Gasteiger charge is 2.33. The van der Waals surface area contributed by atoms with Gasteiger partial charge in [0, 0.05) is 24.9 Å². The molecule has 1 aromatic carbocycles. The van der Waals surface area contributed by atoms with E-state index in [9.17, 15) is 9.59 Å². The van der Waals surface area contributed by atoms with Gasteiger partial charge < -0.3 is 14.6 Å². The molecule has 132 valence electrons. The van der Waals surface area contributed by atoms with E-state index in [2.05, 4.69) is 10.3 Å². The summed E-state index contributed by atoms with van der Waals surface area (Å²) in [5, 5.41) is 3.23. The van der Waals surface area contributed by atoms with Gasteiger partial charge in [-0.25, -0.2) is 4.98 Å². The van der Waals surface area contributed by atoms with Gasteiger partial charge in [-0.2, -0.15) is 0 Å². The van der Waals surface area contributed by atoms with Crippen LogP contribution in [0.2, 0.25) is 5.02 Å². The van der Waals surface area contributed by atoms with Crippen molar-refractivity contribution < 1.29 is 14.0 Å². The number of carbonyl (C=O) groups is 2. The molecule has 2 aromatic rings. The molecule has 0 unspecified atom stereocenters. The highest BCUT2D eigenvalue weighted by atomic mass is 35.5. The lowest BCUT2D eigenvalue weighted by atomic mass is 10.1. The second-order valence-corrected chi connectivity index (χ2v) is 6.50. The maximum Gasteiger partial charge on any atom is 0.242 e. The number of nitrogens with one attached hydrogen (secondary N) is 1. The van der Waals surface area contributed by atoms with Gasteiger partial charge in [-0.3, -0.25) is 9.59 Å². The van der Waals surface area contributed by atoms with E-state index in [0.29, 0.717) is 29.6 Å². The van der Waals surface area contributed by atoms with Gasteiger partial charge in [0.05, 0.1) is 12.7 Å². The Morgan fingerprint density at radius 3 is 2.96 bits per heavy atom. The molecule has 1 saturated heterocycles. The van der Waals surface area contributed by atoms with Crippen molar-refractivity contribution in [2.24, 2.45) is 0 Å². The first-order valence-electron chi connectivity index (χ1n) is 8.26. The van der Waals surface area contributed by atoms with E-state index >= 15 is 0 Å². The van der Waals surface area contributed by atoms with Gasteiger partial charge in [0.15, 0.2) is 0 Å². The fourth-order valence-electron chi connectivity index (χ4n) is 3.01. The molecule has 1 aliphatic heterocycles. The van der Waals surface area contributed by atoms with Gasteiger partial charge in [0.1, 0.15) is 11.8 Å². The van der Waals surface area contributed by atoms with Gasteiger partial charge in [-0.05, 0) is 24.5 Å². The molecule has 2 heterocycles. The van der Waals surface area contributed by atoms with E-state index in [1.165, 1.54) is 6.92 Å². The fourth-order valence-corrected chi connectivity index (χ4v) is 3.21. The molecule has 6 nitrogen and oxygen atoms in total. The highest BCUT2D eigenvalue weighted by Crippen LogP contribution is 2.32. The van der Waals surface area contributed by atoms with Crippen molar-refractivity contribution in [3.8, 4) is 0 Å². The van der Waals surface area contributed by atoms with Crippen LogP contribution in [-0.4, -0.2) is 34.8 Å². The summed E-state index contributed by atoms with van der Waals surface area (Å²) in [7, 11) is 0. The molecule has 1 atom stereocenters. The molecule has 0 saturated carbocycles. The fraction of sp³-hybridized carbons (Fsp3) is 0.389. The second-order valence-electron chi connectivity index (χ2n) is 6.09. The Morgan fingerprint density at radius 1 is 1.40 bits per heavy atom. The van der Waals surface area contributed by atoms with Gasteiger partial charge in [0.25, 0.3) is 0 Å². The number of halogens is 1. The first-order valence-corrected chi connectivity index (χ1v) is 8.64. The molecule has 7 heteroatoms. The Labute approximate surface area is 151 Å². The summed E-state index contributed by atoms with van der Waals surface area (Å²) in [6, 6.07) is 7.42. The van der Waals surface area contributed by atoms with Gasteiger partial charge in [-0.15, -0.1) is 0 Å². The molecule has 0 spiro atoms. The van der Waals surface area contributed by atoms with Crippen molar-refractivity contribution in [1.82, 2.24) is 15.2 Å². The Hall–Kier alpha value is -2.34. The summed E-state index contributed by atoms with van der Waals surface area (Å²) in [5.74, 6) is 0.908. The molecule has 1 aromatic heterocycles. The number of nitrogens with zero attached hydrogens (tertiary/aromatic N) is 2. The zero-order valence-corrected chi connectivity index (χ0v) is 14.8. The van der Waals surface area contributed by atoms with E-state index in [1.54, 1.807) is 11.1 Å². The molecular weight excluding hydrogens is 342 g/mol. The van der Waals surface area contributed by atoms with E-state index in [1.807, 2.05) is 24.3 Å². The van der Waals surface area contributed by atoms with E-state index in [4.69, 9.17) is 16.0 Å². The van der Waals surface area contributed by atoms with Crippen LogP contribution in [0.3, 0.4) is 0 Å². The van der Waals surface area contributed by atoms with E-state index in [-0.39, 0.29) is 24.4 Å². The summed E-state index contributed by atoms with van der Waals surface area (Å²) in [6.07, 6.45) is 3.93. The third-order valence-corrected chi connectivity index (χ3v) is 4.61. The first-order chi connectivity index (χ1) is 12.0. The first kappa shape index (κ1) is 17.5. The van der Waals surface area contributed by atoms with Crippen molar-refractivity contribution in [3.05, 3.63) is 52.7 Å². The number of rotatable bonds is 5. The third-order valence-electron chi connectivity index (χ3n) is 4.24. The molecule has 0 aliphatic carbocycles. The number of oxazole rings is 1. The molecule has 1 N–H and O–H groups in total. The lowest BCUT2D eigenvalue weighted by Crippen LogP contribution is -2.39. The molecule has 0 radical (unpaired) electrons. The van der Waals surface area contributed by atoms with Crippen molar-refractivity contribution in [3.63, 3.8) is 0 Å². The average molecular weight is 362 g/mol. The van der Waals surface area contributed by atoms with Gasteiger partial charge in [0.2, 0.25) is 17.7 Å². The maximum absolute atomic E-state index is 12.3. The van der Waals surface area contributed by atoms with E-state index in [0.717, 1.165) is 18.4 Å². The summed E-state index contributed by atoms with van der Waals surface area (Å²) in [6.45, 7) is 2.04. The Balaban J connectivity index is 1.69. The largest absolute Gasteiger partial charge is 0.443 e. The van der Waals surface area contributed by atoms with Gasteiger partial charge in [-0.1, -0.05) is 29.8 Å². The van der Waals surface area contributed by atoms with Crippen molar-refractivity contribution in [1.29, 1.82) is 0 Å². The maximum atomic E-state index is 12.3. The Morgan fingerprint density at radius 2 is 2.20 bits per heavy atom. The van der Waals surface area contributed by atoms with Crippen LogP contribution in [0.5, 0.6) is 0 Å². The van der Waals surface area contributed by atoms with Crippen molar-refractivity contribution in [2.75, 3.05) is 13.1 Å². The number of carbonyl (C=O) groups excluding carboxylic acids is 2. The molecule has 3 rings (SSSR count). The van der Waals surface area contributed by atoms with E-state index < -0.39 is 0 Å². The summed E-state index contributed by atoms with van der Waals surface area (Å²) >= 11 is 6.18. The van der Waals surface area contributed by atoms with Crippen LogP contribution in [0.25, 0.3) is 0 Å². The molecule has 0 bridgehead atoms. The quantitative estimate of drug-likeness (QED) is 0.888. The molecule has 1 aliphatic rings. The lowest BCUT2D eigenvalue weighted by Gasteiger charge is -2.22. The normalized spacial score (nSPS) is 16.9. The number of likely N-dealkylation sites (tertiary alicyclic amines) is 1. The molecule has 1 fully saturated rings. The minimum Gasteiger partial charge on any atom is -0.443 e. The molecule has 2 amide bonds. The minimum atomic E-state index is -0.220. The predicted molar refractivity (Wildman–Crippen MR) is 93.1 cm³/mol. The number of aromatic nitrogens is 1. The molecule has 25 heavy (non-hydrogen) atoms. The van der Waals surface area contributed by atoms with Crippen LogP contribution in [0.15, 0.2) is 34.9 Å². The summed E-state index contributed by atoms with van der Waals surface area (Å²) in [5.41, 5.74) is 0.969. The monoisotopic (exact) mass is 361 g/mol. The summed E-state index contributed by atoms with van der Waals surface area (Å²) in [4.78, 5) is 29.4. The lowest BCUT2D eigenvalue weighted by molar-refractivity contribution is -0.133. The Kier molecular flexibility index (Phi) is 5.38. The smallest absolute Gasteiger partial charge is 0.242 e. The van der Waals surface area contributed by atoms with Crippen LogP contribution < -0.4 is 5.32 Å². The molecular formula is C18H20ClN3O3. The second kappa shape index (κ2) is 7.70. The van der Waals surface area contributed by atoms with Crippen LogP contribution in [0.1, 0.15) is 43.0 Å². The number of benzene rings is 1. The van der Waals surface area contributed by atoms with Crippen molar-refractivity contribution >= 4 is 23.4 Å². The number of hydrogen-bond acceptors (Lipinski definition) is 4. The topological polar surface area (TPSA) is 75.4 Å². The summed E-state index contributed by atoms with van der Waals surface area (Å²) < 4.78 is 5.88. The third kappa shape index (κ3) is 4.20. The minimum absolute atomic E-state index is 0.000970. The number of amides is 2. The van der Waals surface area contributed by atoms with Gasteiger partial charge >= 0.3 is 0 Å².